The van der Waals surface area contributed by atoms with Gasteiger partial charge in [-0.05, 0) is 38.1 Å². The van der Waals surface area contributed by atoms with Crippen LogP contribution in [0.4, 0.5) is 14.7 Å². The lowest BCUT2D eigenvalue weighted by Gasteiger charge is -2.39. The Morgan fingerprint density at radius 2 is 2.16 bits per heavy atom. The van der Waals surface area contributed by atoms with Gasteiger partial charge in [-0.2, -0.15) is 4.98 Å². The van der Waals surface area contributed by atoms with E-state index in [9.17, 15) is 4.79 Å². The van der Waals surface area contributed by atoms with E-state index in [1.807, 2.05) is 11.9 Å². The Balaban J connectivity index is 1.51. The fraction of sp³-hybridized carbons (Fsp3) is 0.440. The topological polar surface area (TPSA) is 122 Å². The van der Waals surface area contributed by atoms with E-state index < -0.39 is 23.1 Å². The van der Waals surface area contributed by atoms with E-state index in [1.165, 1.54) is 26.4 Å². The van der Waals surface area contributed by atoms with E-state index in [4.69, 9.17) is 10.5 Å². The lowest BCUT2D eigenvalue weighted by molar-refractivity contribution is -0.117. The molecular formula is C25H30F2N8O2. The van der Waals surface area contributed by atoms with Gasteiger partial charge in [0.05, 0.1) is 18.7 Å². The number of alkyl halides is 1. The second-order valence-electron chi connectivity index (χ2n) is 9.99. The first-order valence-corrected chi connectivity index (χ1v) is 12.0. The third-order valence-corrected chi connectivity index (χ3v) is 7.11. The van der Waals surface area contributed by atoms with Crippen LogP contribution in [0, 0.1) is 0 Å². The monoisotopic (exact) mass is 512 g/mol. The third kappa shape index (κ3) is 4.40. The van der Waals surface area contributed by atoms with Crippen molar-refractivity contribution in [2.24, 2.45) is 10.7 Å². The summed E-state index contributed by atoms with van der Waals surface area (Å²) < 4.78 is 37.5. The van der Waals surface area contributed by atoms with Crippen molar-refractivity contribution >= 4 is 28.7 Å². The standard InChI is InChI=1S/C25H30F2N8O2/c1-24(27)13-34(3)7-6-18(24)31-23-32-22(37-4)19-16(5-8-35(19)33-23)14-9-17(26)20-25(28,10-14)11-15(12-30-20)21(36)29-2/h5,8-10,12,18H,6-7,11,13,28H2,1-4H3,(H,29,36)(H,31,33)/t18-,24?,25-/m1/s1. The molecule has 12 heteroatoms. The molecule has 2 aromatic rings. The van der Waals surface area contributed by atoms with Gasteiger partial charge < -0.3 is 26.0 Å². The number of halogens is 2. The van der Waals surface area contributed by atoms with E-state index >= 15 is 8.78 Å². The average Bonchev–Trinajstić information content (AvgIpc) is 3.27. The van der Waals surface area contributed by atoms with Crippen LogP contribution in [0.15, 0.2) is 47.0 Å². The number of fused-ring (bicyclic) bond motifs is 2. The van der Waals surface area contributed by atoms with Crippen molar-refractivity contribution in [3.05, 3.63) is 47.6 Å². The summed E-state index contributed by atoms with van der Waals surface area (Å²) in [4.78, 5) is 22.7. The third-order valence-electron chi connectivity index (χ3n) is 7.11. The van der Waals surface area contributed by atoms with Gasteiger partial charge in [-0.25, -0.2) is 13.3 Å². The minimum absolute atomic E-state index is 0.0644. The number of hydrogen-bond acceptors (Lipinski definition) is 8. The molecule has 1 unspecified atom stereocenters. The Morgan fingerprint density at radius 3 is 2.86 bits per heavy atom. The number of hydrogen-bond donors (Lipinski definition) is 3. The molecule has 2 aromatic heterocycles. The number of aromatic nitrogens is 3. The number of piperidine rings is 1. The minimum atomic E-state index is -1.47. The van der Waals surface area contributed by atoms with Crippen LogP contribution in [0.5, 0.6) is 5.88 Å². The fourth-order valence-corrected chi connectivity index (χ4v) is 5.26. The van der Waals surface area contributed by atoms with E-state index in [-0.39, 0.29) is 29.9 Å². The van der Waals surface area contributed by atoms with E-state index in [0.717, 1.165) is 6.54 Å². The van der Waals surface area contributed by atoms with Crippen molar-refractivity contribution in [2.75, 3.05) is 39.6 Å². The predicted molar refractivity (Wildman–Crippen MR) is 137 cm³/mol. The number of nitrogens with two attached hydrogens (primary N) is 1. The largest absolute Gasteiger partial charge is 0.479 e. The second-order valence-corrected chi connectivity index (χ2v) is 9.99. The minimum Gasteiger partial charge on any atom is -0.479 e. The number of amides is 1. The number of carbonyl (C=O) groups is 1. The fourth-order valence-electron chi connectivity index (χ4n) is 5.26. The maximum atomic E-state index is 15.2. The van der Waals surface area contributed by atoms with Crippen molar-refractivity contribution < 1.29 is 18.3 Å². The highest BCUT2D eigenvalue weighted by Gasteiger charge is 2.41. The molecule has 3 aliphatic rings. The summed E-state index contributed by atoms with van der Waals surface area (Å²) in [7, 11) is 4.87. The zero-order valence-electron chi connectivity index (χ0n) is 21.2. The maximum absolute atomic E-state index is 15.2. The van der Waals surface area contributed by atoms with Crippen LogP contribution in [0.3, 0.4) is 0 Å². The van der Waals surface area contributed by atoms with Gasteiger partial charge in [-0.15, -0.1) is 5.10 Å². The van der Waals surface area contributed by atoms with Crippen LogP contribution in [0.25, 0.3) is 11.1 Å². The summed E-state index contributed by atoms with van der Waals surface area (Å²) >= 11 is 0. The smallest absolute Gasteiger partial charge is 0.248 e. The zero-order valence-corrected chi connectivity index (χ0v) is 21.2. The number of nitrogens with zero attached hydrogens (tertiary/aromatic N) is 5. The van der Waals surface area contributed by atoms with Gasteiger partial charge in [-0.3, -0.25) is 9.79 Å². The molecule has 0 radical (unpaired) electrons. The molecule has 1 fully saturated rings. The Hall–Kier alpha value is -3.64. The van der Waals surface area contributed by atoms with Gasteiger partial charge in [0.15, 0.2) is 0 Å². The molecule has 37 heavy (non-hydrogen) atoms. The van der Waals surface area contributed by atoms with Crippen molar-refractivity contribution in [1.82, 2.24) is 24.8 Å². The summed E-state index contributed by atoms with van der Waals surface area (Å²) in [6.07, 6.45) is 6.75. The number of anilines is 1. The predicted octanol–water partition coefficient (Wildman–Crippen LogP) is 2.00. The molecule has 0 saturated carbocycles. The molecule has 0 spiro atoms. The Bertz CT molecular complexity index is 1390. The van der Waals surface area contributed by atoms with Crippen molar-refractivity contribution in [3.8, 4) is 5.88 Å². The van der Waals surface area contributed by atoms with Crippen LogP contribution in [-0.2, 0) is 4.79 Å². The first kappa shape index (κ1) is 25.0. The molecule has 1 aliphatic carbocycles. The van der Waals surface area contributed by atoms with Gasteiger partial charge in [0.2, 0.25) is 17.7 Å². The normalized spacial score (nSPS) is 28.0. The zero-order chi connectivity index (χ0) is 26.5. The number of ether oxygens (including phenoxy) is 1. The summed E-state index contributed by atoms with van der Waals surface area (Å²) in [6.45, 7) is 2.61. The molecule has 1 amide bonds. The Morgan fingerprint density at radius 1 is 1.38 bits per heavy atom. The highest BCUT2D eigenvalue weighted by atomic mass is 19.1. The molecule has 2 aliphatic heterocycles. The van der Waals surface area contributed by atoms with Crippen LogP contribution < -0.4 is 21.1 Å². The number of nitrogens with one attached hydrogen (secondary N) is 2. The van der Waals surface area contributed by atoms with Crippen LogP contribution >= 0.6 is 0 Å². The highest BCUT2D eigenvalue weighted by molar-refractivity contribution is 6.14. The van der Waals surface area contributed by atoms with Gasteiger partial charge in [0.25, 0.3) is 0 Å². The number of rotatable bonds is 5. The molecule has 10 nitrogen and oxygen atoms in total. The van der Waals surface area contributed by atoms with E-state index in [2.05, 4.69) is 25.7 Å². The number of likely N-dealkylation sites (tertiary alicyclic amines) is 1. The Kier molecular flexibility index (Phi) is 6.11. The van der Waals surface area contributed by atoms with Crippen molar-refractivity contribution in [3.63, 3.8) is 0 Å². The molecule has 196 valence electrons. The molecule has 5 rings (SSSR count). The van der Waals surface area contributed by atoms with Crippen LogP contribution in [0.2, 0.25) is 0 Å². The van der Waals surface area contributed by atoms with Gasteiger partial charge >= 0.3 is 0 Å². The summed E-state index contributed by atoms with van der Waals surface area (Å²) in [6, 6.07) is 1.28. The number of allylic oxidation sites excluding steroid dienone is 2. The van der Waals surface area contributed by atoms with Gasteiger partial charge in [0.1, 0.15) is 22.7 Å². The lowest BCUT2D eigenvalue weighted by atomic mass is 9.78. The number of carbonyl (C=O) groups excluding carboxylic acids is 1. The molecule has 0 bridgehead atoms. The number of aliphatic imine (C=N–C) groups is 1. The molecule has 3 atom stereocenters. The first-order chi connectivity index (χ1) is 17.5. The van der Waals surface area contributed by atoms with E-state index in [0.29, 0.717) is 35.2 Å². The van der Waals surface area contributed by atoms with Crippen LogP contribution in [0.1, 0.15) is 25.3 Å². The van der Waals surface area contributed by atoms with Gasteiger partial charge in [0, 0.05) is 50.1 Å². The lowest BCUT2D eigenvalue weighted by Crippen LogP contribution is -2.54. The second kappa shape index (κ2) is 9.03. The number of likely N-dealkylation sites (N-methyl/N-ethyl adjacent to an activating group) is 1. The maximum Gasteiger partial charge on any atom is 0.248 e. The van der Waals surface area contributed by atoms with Crippen molar-refractivity contribution in [2.45, 2.75) is 37.0 Å². The number of methoxy groups -OCH3 is 1. The molecular weight excluding hydrogens is 482 g/mol. The van der Waals surface area contributed by atoms with E-state index in [1.54, 1.807) is 29.8 Å². The molecule has 4 heterocycles. The van der Waals surface area contributed by atoms with Gasteiger partial charge in [-0.1, -0.05) is 6.08 Å². The molecule has 1 saturated heterocycles. The van der Waals surface area contributed by atoms with Crippen LogP contribution in [-0.4, -0.2) is 82.7 Å². The summed E-state index contributed by atoms with van der Waals surface area (Å²) in [5, 5.41) is 10.2. The summed E-state index contributed by atoms with van der Waals surface area (Å²) in [5.74, 6) is -0.451. The molecule has 0 aromatic carbocycles. The highest BCUT2D eigenvalue weighted by Crippen LogP contribution is 2.38. The molecule has 4 N–H and O–H groups in total. The van der Waals surface area contributed by atoms with Crippen molar-refractivity contribution in [1.29, 1.82) is 0 Å². The summed E-state index contributed by atoms with van der Waals surface area (Å²) in [5.41, 5.74) is 5.79. The average molecular weight is 513 g/mol. The SMILES string of the molecule is CNC(=O)C1=CN=C2C(F)=CC(c3ccn4nc(N[C@@H]5CCN(C)CC5(C)F)nc(OC)c34)=C[C@@]2(N)C1. The quantitative estimate of drug-likeness (QED) is 0.560. The first-order valence-electron chi connectivity index (χ1n) is 12.0. The Labute approximate surface area is 213 Å².